The Kier molecular flexibility index (Phi) is 5.72. The van der Waals surface area contributed by atoms with Crippen LogP contribution in [0.3, 0.4) is 0 Å². The van der Waals surface area contributed by atoms with Crippen LogP contribution >= 0.6 is 11.8 Å². The summed E-state index contributed by atoms with van der Waals surface area (Å²) < 4.78 is 0. The monoisotopic (exact) mass is 418 g/mol. The van der Waals surface area contributed by atoms with Crippen molar-refractivity contribution in [3.05, 3.63) is 65.7 Å². The minimum absolute atomic E-state index is 0.0746. The number of thioether (sulfide) groups is 1. The number of carbonyl (C=O) groups is 2. The van der Waals surface area contributed by atoms with Crippen molar-refractivity contribution in [2.45, 2.75) is 13.8 Å². The van der Waals surface area contributed by atoms with Crippen LogP contribution in [-0.4, -0.2) is 29.3 Å². The van der Waals surface area contributed by atoms with Crippen molar-refractivity contribution in [2.75, 3.05) is 22.9 Å². The first-order chi connectivity index (χ1) is 14.5. The Morgan fingerprint density at radius 2 is 1.77 bits per heavy atom. The number of amides is 2. The highest BCUT2D eigenvalue weighted by Gasteiger charge is 2.16. The van der Waals surface area contributed by atoms with E-state index in [0.717, 1.165) is 39.0 Å². The summed E-state index contributed by atoms with van der Waals surface area (Å²) in [4.78, 5) is 29.0. The molecule has 2 amide bonds. The lowest BCUT2D eigenvalue weighted by molar-refractivity contribution is -0.122. The van der Waals surface area contributed by atoms with Crippen molar-refractivity contribution < 1.29 is 9.59 Å². The van der Waals surface area contributed by atoms with Gasteiger partial charge in [-0.05, 0) is 48.6 Å². The number of hydrogen-bond acceptors (Lipinski definition) is 5. The highest BCUT2D eigenvalue weighted by molar-refractivity contribution is 8.14. The maximum Gasteiger partial charge on any atom is 0.243 e. The van der Waals surface area contributed by atoms with Crippen LogP contribution in [0, 0.1) is 13.8 Å². The van der Waals surface area contributed by atoms with E-state index in [4.69, 9.17) is 0 Å². The normalized spacial score (nSPS) is 12.1. The van der Waals surface area contributed by atoms with Gasteiger partial charge in [-0.25, -0.2) is 4.99 Å². The maximum absolute atomic E-state index is 12.2. The van der Waals surface area contributed by atoms with Gasteiger partial charge < -0.3 is 16.0 Å². The number of carbonyl (C=O) groups excluding carboxylic acids is 2. The molecule has 30 heavy (non-hydrogen) atoms. The summed E-state index contributed by atoms with van der Waals surface area (Å²) >= 11 is 1.31. The largest absolute Gasteiger partial charge is 0.346 e. The van der Waals surface area contributed by atoms with Crippen molar-refractivity contribution in [1.29, 1.82) is 0 Å². The zero-order chi connectivity index (χ0) is 21.1. The van der Waals surface area contributed by atoms with Gasteiger partial charge in [-0.2, -0.15) is 0 Å². The van der Waals surface area contributed by atoms with Crippen LogP contribution in [0.4, 0.5) is 17.1 Å². The van der Waals surface area contributed by atoms with Gasteiger partial charge in [0.25, 0.3) is 0 Å². The number of benzene rings is 3. The quantitative estimate of drug-likeness (QED) is 0.575. The summed E-state index contributed by atoms with van der Waals surface area (Å²) in [6.45, 7) is 3.87. The lowest BCUT2D eigenvalue weighted by Crippen LogP contribution is -2.34. The molecule has 152 valence electrons. The molecule has 1 aliphatic rings. The molecule has 4 rings (SSSR count). The summed E-state index contributed by atoms with van der Waals surface area (Å²) in [6.07, 6.45) is 0. The molecule has 0 saturated heterocycles. The Bertz CT molecular complexity index is 1170. The van der Waals surface area contributed by atoms with E-state index >= 15 is 0 Å². The van der Waals surface area contributed by atoms with E-state index in [1.165, 1.54) is 11.8 Å². The van der Waals surface area contributed by atoms with Gasteiger partial charge in [0.05, 0.1) is 23.7 Å². The molecule has 3 N–H and O–H groups in total. The van der Waals surface area contributed by atoms with Gasteiger partial charge in [-0.15, -0.1) is 0 Å². The van der Waals surface area contributed by atoms with E-state index < -0.39 is 0 Å². The van der Waals surface area contributed by atoms with Crippen molar-refractivity contribution >= 4 is 56.6 Å². The smallest absolute Gasteiger partial charge is 0.243 e. The Hall–Kier alpha value is -3.32. The van der Waals surface area contributed by atoms with E-state index in [2.05, 4.69) is 33.1 Å². The fourth-order valence-corrected chi connectivity index (χ4v) is 4.00. The molecule has 0 aliphatic carbocycles. The molecule has 1 heterocycles. The van der Waals surface area contributed by atoms with Crippen LogP contribution in [-0.2, 0) is 9.59 Å². The van der Waals surface area contributed by atoms with Crippen molar-refractivity contribution in [3.8, 4) is 0 Å². The lowest BCUT2D eigenvalue weighted by Gasteiger charge is -2.18. The molecule has 0 spiro atoms. The highest BCUT2D eigenvalue weighted by atomic mass is 32.2. The minimum Gasteiger partial charge on any atom is -0.346 e. The fraction of sp³-hybridized carbons (Fsp3) is 0.174. The van der Waals surface area contributed by atoms with E-state index in [9.17, 15) is 9.59 Å². The summed E-state index contributed by atoms with van der Waals surface area (Å²) in [7, 11) is 0. The Balaban J connectivity index is 1.30. The molecule has 0 atom stereocenters. The van der Waals surface area contributed by atoms with Crippen LogP contribution in [0.15, 0.2) is 59.6 Å². The lowest BCUT2D eigenvalue weighted by atomic mass is 10.1. The standard InChI is InChI=1S/C23H22N4O2S/c1-14-6-3-9-17(15(14)2)25-20(28)12-24-21(29)13-30-23-26-18-10-4-7-16-8-5-11-19(27-23)22(16)18/h3-11H,12-13H2,1-2H3,(H,24,29)(H,25,28)(H,26,27). The minimum atomic E-state index is -0.254. The Morgan fingerprint density at radius 1 is 1.00 bits per heavy atom. The van der Waals surface area contributed by atoms with Crippen LogP contribution < -0.4 is 16.0 Å². The maximum atomic E-state index is 12.2. The molecule has 3 aromatic rings. The average molecular weight is 419 g/mol. The Labute approximate surface area is 179 Å². The van der Waals surface area contributed by atoms with Gasteiger partial charge in [0.15, 0.2) is 5.17 Å². The van der Waals surface area contributed by atoms with Gasteiger partial charge in [0.1, 0.15) is 0 Å². The van der Waals surface area contributed by atoms with Crippen LogP contribution in [0.25, 0.3) is 10.8 Å². The number of anilines is 2. The first-order valence-electron chi connectivity index (χ1n) is 9.64. The van der Waals surface area contributed by atoms with E-state index in [-0.39, 0.29) is 24.1 Å². The second-order valence-electron chi connectivity index (χ2n) is 7.08. The zero-order valence-electron chi connectivity index (χ0n) is 16.8. The van der Waals surface area contributed by atoms with Crippen LogP contribution in [0.1, 0.15) is 11.1 Å². The van der Waals surface area contributed by atoms with E-state index in [0.29, 0.717) is 5.17 Å². The molecule has 0 radical (unpaired) electrons. The molecule has 1 aliphatic heterocycles. The molecule has 0 unspecified atom stereocenters. The second kappa shape index (κ2) is 8.59. The average Bonchev–Trinajstić information content (AvgIpc) is 2.74. The SMILES string of the molecule is Cc1cccc(NC(=O)CNC(=O)CSC2=Nc3cccc4cccc(c34)N2)c1C. The van der Waals surface area contributed by atoms with Gasteiger partial charge in [-0.3, -0.25) is 9.59 Å². The predicted octanol–water partition coefficient (Wildman–Crippen LogP) is 4.36. The zero-order valence-corrected chi connectivity index (χ0v) is 17.6. The number of rotatable bonds is 5. The van der Waals surface area contributed by atoms with Crippen molar-refractivity contribution in [1.82, 2.24) is 5.32 Å². The third-order valence-corrected chi connectivity index (χ3v) is 5.88. The number of nitrogens with one attached hydrogen (secondary N) is 3. The first-order valence-corrected chi connectivity index (χ1v) is 10.6. The topological polar surface area (TPSA) is 82.6 Å². The van der Waals surface area contributed by atoms with Crippen molar-refractivity contribution in [2.24, 2.45) is 4.99 Å². The van der Waals surface area contributed by atoms with E-state index in [1.54, 1.807) is 0 Å². The number of nitrogens with zero attached hydrogens (tertiary/aromatic N) is 1. The Morgan fingerprint density at radius 3 is 2.60 bits per heavy atom. The number of amidine groups is 1. The van der Waals surface area contributed by atoms with Crippen molar-refractivity contribution in [3.63, 3.8) is 0 Å². The third-order valence-electron chi connectivity index (χ3n) is 5.01. The first kappa shape index (κ1) is 20.0. The van der Waals surface area contributed by atoms with Gasteiger partial charge in [0.2, 0.25) is 11.8 Å². The molecule has 7 heteroatoms. The number of aryl methyl sites for hydroxylation is 1. The molecule has 0 bridgehead atoms. The molecule has 3 aromatic carbocycles. The highest BCUT2D eigenvalue weighted by Crippen LogP contribution is 2.36. The van der Waals surface area contributed by atoms with Gasteiger partial charge in [0, 0.05) is 11.1 Å². The summed E-state index contributed by atoms with van der Waals surface area (Å²) in [5, 5.41) is 11.6. The molecule has 6 nitrogen and oxygen atoms in total. The number of aliphatic imine (C=N–C) groups is 1. The molecule has 0 fully saturated rings. The molecular weight excluding hydrogens is 396 g/mol. The van der Waals surface area contributed by atoms with Crippen LogP contribution in [0.5, 0.6) is 0 Å². The summed E-state index contributed by atoms with van der Waals surface area (Å²) in [6, 6.07) is 17.8. The number of hydrogen-bond donors (Lipinski definition) is 3. The van der Waals surface area contributed by atoms with Gasteiger partial charge in [-0.1, -0.05) is 48.2 Å². The van der Waals surface area contributed by atoms with Gasteiger partial charge >= 0.3 is 0 Å². The molecular formula is C23H22N4O2S. The second-order valence-corrected chi connectivity index (χ2v) is 8.05. The third kappa shape index (κ3) is 4.31. The summed E-state index contributed by atoms with van der Waals surface area (Å²) in [5.74, 6) is -0.311. The van der Waals surface area contributed by atoms with E-state index in [1.807, 2.05) is 56.3 Å². The summed E-state index contributed by atoms with van der Waals surface area (Å²) in [5.41, 5.74) is 4.75. The molecule has 0 aromatic heterocycles. The van der Waals surface area contributed by atoms with Crippen LogP contribution in [0.2, 0.25) is 0 Å². The fourth-order valence-electron chi connectivity index (χ4n) is 3.28. The predicted molar refractivity (Wildman–Crippen MR) is 125 cm³/mol. The molecule has 0 saturated carbocycles.